The van der Waals surface area contributed by atoms with Crippen LogP contribution in [0.3, 0.4) is 0 Å². The van der Waals surface area contributed by atoms with Gasteiger partial charge >= 0.3 is 0 Å². The highest BCUT2D eigenvalue weighted by atomic mass is 32.2. The molecule has 0 bridgehead atoms. The SMILES string of the molecule is CN(C1CCC(C)(C)CC1)S(=O)(=O)c1ccc(C=O)o1. The van der Waals surface area contributed by atoms with Gasteiger partial charge in [-0.1, -0.05) is 13.8 Å². The summed E-state index contributed by atoms with van der Waals surface area (Å²) in [4.78, 5) is 10.6. The zero-order chi connectivity index (χ0) is 15.0. The second-order valence-corrected chi connectivity index (χ2v) is 8.12. The van der Waals surface area contributed by atoms with Crippen LogP contribution < -0.4 is 0 Å². The van der Waals surface area contributed by atoms with Crippen molar-refractivity contribution in [2.75, 3.05) is 7.05 Å². The first-order chi connectivity index (χ1) is 9.26. The minimum Gasteiger partial charge on any atom is -0.440 e. The molecule has 0 radical (unpaired) electrons. The van der Waals surface area contributed by atoms with E-state index in [-0.39, 0.29) is 22.3 Å². The highest BCUT2D eigenvalue weighted by Crippen LogP contribution is 2.37. The summed E-state index contributed by atoms with van der Waals surface area (Å²) in [5, 5.41) is -0.160. The van der Waals surface area contributed by atoms with E-state index in [2.05, 4.69) is 13.8 Å². The van der Waals surface area contributed by atoms with Gasteiger partial charge in [-0.05, 0) is 43.2 Å². The number of rotatable bonds is 4. The molecule has 5 nitrogen and oxygen atoms in total. The van der Waals surface area contributed by atoms with Gasteiger partial charge in [0.05, 0.1) is 0 Å². The number of carbonyl (C=O) groups is 1. The van der Waals surface area contributed by atoms with E-state index in [0.717, 1.165) is 25.7 Å². The second kappa shape index (κ2) is 5.33. The molecule has 6 heteroatoms. The number of carbonyl (C=O) groups excluding carboxylic acids is 1. The maximum atomic E-state index is 12.4. The van der Waals surface area contributed by atoms with Crippen LogP contribution in [0, 0.1) is 5.41 Å². The fourth-order valence-corrected chi connectivity index (χ4v) is 3.95. The van der Waals surface area contributed by atoms with E-state index < -0.39 is 10.0 Å². The predicted molar refractivity (Wildman–Crippen MR) is 75.1 cm³/mol. The van der Waals surface area contributed by atoms with Crippen LogP contribution >= 0.6 is 0 Å². The number of sulfonamides is 1. The number of aldehydes is 1. The monoisotopic (exact) mass is 299 g/mol. The zero-order valence-corrected chi connectivity index (χ0v) is 12.9. The first-order valence-corrected chi connectivity index (χ1v) is 8.23. The standard InChI is InChI=1S/C14H21NO4S/c1-14(2)8-6-11(7-9-14)15(3)20(17,18)13-5-4-12(10-16)19-13/h4-5,10-11H,6-9H2,1-3H3. The molecule has 2 rings (SSSR count). The molecule has 112 valence electrons. The topological polar surface area (TPSA) is 67.6 Å². The molecule has 0 N–H and O–H groups in total. The molecule has 1 aliphatic carbocycles. The number of hydrogen-bond acceptors (Lipinski definition) is 4. The molecule has 1 aliphatic rings. The Hall–Kier alpha value is -1.14. The summed E-state index contributed by atoms with van der Waals surface area (Å²) in [6.45, 7) is 4.42. The highest BCUT2D eigenvalue weighted by Gasteiger charge is 2.35. The Kier molecular flexibility index (Phi) is 4.07. The quantitative estimate of drug-likeness (QED) is 0.802. The fraction of sp³-hybridized carbons (Fsp3) is 0.643. The fourth-order valence-electron chi connectivity index (χ4n) is 2.62. The van der Waals surface area contributed by atoms with Gasteiger partial charge in [0.1, 0.15) is 0 Å². The lowest BCUT2D eigenvalue weighted by atomic mass is 9.76. The van der Waals surface area contributed by atoms with Gasteiger partial charge in [-0.25, -0.2) is 8.42 Å². The third-order valence-corrected chi connectivity index (χ3v) is 5.96. The van der Waals surface area contributed by atoms with E-state index in [0.29, 0.717) is 6.29 Å². The first-order valence-electron chi connectivity index (χ1n) is 6.79. The van der Waals surface area contributed by atoms with Crippen molar-refractivity contribution in [1.29, 1.82) is 0 Å². The van der Waals surface area contributed by atoms with E-state index in [1.165, 1.54) is 16.4 Å². The van der Waals surface area contributed by atoms with Crippen molar-refractivity contribution in [1.82, 2.24) is 4.31 Å². The highest BCUT2D eigenvalue weighted by molar-refractivity contribution is 7.89. The van der Waals surface area contributed by atoms with Crippen LogP contribution in [0.2, 0.25) is 0 Å². The van der Waals surface area contributed by atoms with Gasteiger partial charge in [-0.2, -0.15) is 4.31 Å². The van der Waals surface area contributed by atoms with Gasteiger partial charge in [0, 0.05) is 13.1 Å². The maximum absolute atomic E-state index is 12.4. The van der Waals surface area contributed by atoms with E-state index >= 15 is 0 Å². The smallest absolute Gasteiger partial charge is 0.276 e. The molecule has 0 amide bonds. The molecule has 1 aromatic heterocycles. The van der Waals surface area contributed by atoms with Crippen molar-refractivity contribution >= 4 is 16.3 Å². The van der Waals surface area contributed by atoms with E-state index in [9.17, 15) is 13.2 Å². The van der Waals surface area contributed by atoms with Crippen LogP contribution in [0.1, 0.15) is 50.1 Å². The van der Waals surface area contributed by atoms with Crippen LogP contribution in [0.25, 0.3) is 0 Å². The lowest BCUT2D eigenvalue weighted by Gasteiger charge is -2.37. The van der Waals surface area contributed by atoms with Gasteiger partial charge < -0.3 is 4.42 Å². The van der Waals surface area contributed by atoms with Crippen LogP contribution in [-0.2, 0) is 10.0 Å². The Morgan fingerprint density at radius 3 is 2.40 bits per heavy atom. The van der Waals surface area contributed by atoms with Crippen molar-refractivity contribution in [3.63, 3.8) is 0 Å². The van der Waals surface area contributed by atoms with E-state index in [1.807, 2.05) is 0 Å². The average molecular weight is 299 g/mol. The Balaban J connectivity index is 2.15. The molecule has 1 heterocycles. The number of furan rings is 1. The van der Waals surface area contributed by atoms with Gasteiger partial charge in [0.2, 0.25) is 5.09 Å². The molecule has 1 fully saturated rings. The molecule has 0 spiro atoms. The Bertz CT molecular complexity index is 578. The third-order valence-electron chi connectivity index (χ3n) is 4.17. The van der Waals surface area contributed by atoms with Crippen LogP contribution in [-0.4, -0.2) is 32.1 Å². The third kappa shape index (κ3) is 2.96. The molecule has 0 aromatic carbocycles. The maximum Gasteiger partial charge on any atom is 0.276 e. The minimum absolute atomic E-state index is 0.00203. The summed E-state index contributed by atoms with van der Waals surface area (Å²) in [6, 6.07) is 2.71. The molecule has 0 unspecified atom stereocenters. The van der Waals surface area contributed by atoms with Crippen molar-refractivity contribution in [2.45, 2.75) is 50.7 Å². The van der Waals surface area contributed by atoms with E-state index in [4.69, 9.17) is 4.42 Å². The van der Waals surface area contributed by atoms with Crippen molar-refractivity contribution < 1.29 is 17.6 Å². The molecule has 1 aromatic rings. The summed E-state index contributed by atoms with van der Waals surface area (Å²) in [5.74, 6) is 0.0294. The van der Waals surface area contributed by atoms with E-state index in [1.54, 1.807) is 7.05 Å². The molecule has 0 aliphatic heterocycles. The lowest BCUT2D eigenvalue weighted by Crippen LogP contribution is -2.40. The predicted octanol–water partition coefficient (Wildman–Crippen LogP) is 2.68. The molecule has 20 heavy (non-hydrogen) atoms. The summed E-state index contributed by atoms with van der Waals surface area (Å²) in [7, 11) is -2.07. The van der Waals surface area contributed by atoms with Crippen LogP contribution in [0.4, 0.5) is 0 Å². The minimum atomic E-state index is -3.66. The van der Waals surface area contributed by atoms with Gasteiger partial charge in [0.15, 0.2) is 12.0 Å². The second-order valence-electron chi connectivity index (χ2n) is 6.19. The molecular weight excluding hydrogens is 278 g/mol. The Labute approximate surface area is 120 Å². The van der Waals surface area contributed by atoms with Gasteiger partial charge in [0.25, 0.3) is 10.0 Å². The summed E-state index contributed by atoms with van der Waals surface area (Å²) < 4.78 is 31.3. The summed E-state index contributed by atoms with van der Waals surface area (Å²) >= 11 is 0. The van der Waals surface area contributed by atoms with Crippen molar-refractivity contribution in [2.24, 2.45) is 5.41 Å². The molecule has 0 saturated heterocycles. The largest absolute Gasteiger partial charge is 0.440 e. The van der Waals surface area contributed by atoms with Crippen LogP contribution in [0.5, 0.6) is 0 Å². The average Bonchev–Trinajstić information content (AvgIpc) is 2.87. The molecule has 1 saturated carbocycles. The van der Waals surface area contributed by atoms with Crippen LogP contribution in [0.15, 0.2) is 21.6 Å². The van der Waals surface area contributed by atoms with Crippen molar-refractivity contribution in [3.05, 3.63) is 17.9 Å². The summed E-state index contributed by atoms with van der Waals surface area (Å²) in [6.07, 6.45) is 4.22. The van der Waals surface area contributed by atoms with Gasteiger partial charge in [-0.3, -0.25) is 4.79 Å². The Morgan fingerprint density at radius 1 is 1.30 bits per heavy atom. The number of nitrogens with zero attached hydrogens (tertiary/aromatic N) is 1. The lowest BCUT2D eigenvalue weighted by molar-refractivity contribution is 0.109. The first kappa shape index (κ1) is 15.3. The Morgan fingerprint density at radius 2 is 1.90 bits per heavy atom. The van der Waals surface area contributed by atoms with Crippen molar-refractivity contribution in [3.8, 4) is 0 Å². The zero-order valence-electron chi connectivity index (χ0n) is 12.1. The number of hydrogen-bond donors (Lipinski definition) is 0. The summed E-state index contributed by atoms with van der Waals surface area (Å²) in [5.41, 5.74) is 0.288. The van der Waals surface area contributed by atoms with Gasteiger partial charge in [-0.15, -0.1) is 0 Å². The normalized spacial score (nSPS) is 20.2. The molecule has 0 atom stereocenters. The molecular formula is C14H21NO4S.